The van der Waals surface area contributed by atoms with Gasteiger partial charge in [-0.2, -0.15) is 0 Å². The lowest BCUT2D eigenvalue weighted by Crippen LogP contribution is -2.29. The first kappa shape index (κ1) is 26.2. The minimum atomic E-state index is -1.07. The number of thiocarbonyl (C=S) groups is 1. The van der Waals surface area contributed by atoms with Crippen LogP contribution in [0.2, 0.25) is 5.02 Å². The maximum absolute atomic E-state index is 11.8. The number of aromatic carboxylic acids is 1. The van der Waals surface area contributed by atoms with Gasteiger partial charge < -0.3 is 29.8 Å². The first-order valence-corrected chi connectivity index (χ1v) is 12.6. The van der Waals surface area contributed by atoms with Crippen LogP contribution in [-0.4, -0.2) is 34.2 Å². The van der Waals surface area contributed by atoms with E-state index in [-0.39, 0.29) is 17.5 Å². The van der Waals surface area contributed by atoms with Gasteiger partial charge in [-0.15, -0.1) is 0 Å². The lowest BCUT2D eigenvalue weighted by atomic mass is 10.0. The number of hydrogen-bond acceptors (Lipinski definition) is 6. The molecule has 0 unspecified atom stereocenters. The fraction of sp³-hybridized carbons (Fsp3) is 0.143. The van der Waals surface area contributed by atoms with Crippen molar-refractivity contribution in [2.45, 2.75) is 19.0 Å². The molecular formula is C28H23ClN4O5S. The number of nitrogens with zero attached hydrogens (tertiary/aromatic N) is 2. The van der Waals surface area contributed by atoms with Crippen molar-refractivity contribution in [3.8, 4) is 17.1 Å². The molecule has 1 aliphatic heterocycles. The second kappa shape index (κ2) is 10.8. The number of amides is 1. The number of carboxylic acid groups (broad SMARTS) is 1. The normalized spacial score (nSPS) is 16.6. The number of carbonyl (C=O) groups excluding carboxylic acids is 1. The molecule has 1 fully saturated rings. The van der Waals surface area contributed by atoms with E-state index in [0.717, 1.165) is 5.69 Å². The topological polar surface area (TPSA) is 117 Å². The van der Waals surface area contributed by atoms with E-state index in [1.165, 1.54) is 32.2 Å². The zero-order valence-electron chi connectivity index (χ0n) is 20.8. The minimum absolute atomic E-state index is 0.0905. The van der Waals surface area contributed by atoms with Gasteiger partial charge in [-0.1, -0.05) is 17.7 Å². The number of pyridine rings is 1. The Morgan fingerprint density at radius 2 is 1.97 bits per heavy atom. The van der Waals surface area contributed by atoms with Gasteiger partial charge in [-0.25, -0.2) is 4.79 Å². The summed E-state index contributed by atoms with van der Waals surface area (Å²) in [5.74, 6) is 0.136. The van der Waals surface area contributed by atoms with Crippen LogP contribution in [0, 0.1) is 0 Å². The Bertz CT molecular complexity index is 1580. The van der Waals surface area contributed by atoms with Crippen molar-refractivity contribution < 1.29 is 23.8 Å². The highest BCUT2D eigenvalue weighted by Gasteiger charge is 2.43. The number of benzene rings is 2. The van der Waals surface area contributed by atoms with Crippen LogP contribution in [0.15, 0.2) is 77.3 Å². The monoisotopic (exact) mass is 562 g/mol. The fourth-order valence-corrected chi connectivity index (χ4v) is 5.12. The fourth-order valence-electron chi connectivity index (χ4n) is 4.56. The average molecular weight is 563 g/mol. The Morgan fingerprint density at radius 1 is 1.15 bits per heavy atom. The van der Waals surface area contributed by atoms with E-state index in [1.807, 2.05) is 29.2 Å². The highest BCUT2D eigenvalue weighted by atomic mass is 35.5. The summed E-state index contributed by atoms with van der Waals surface area (Å²) in [6.07, 6.45) is 1.70. The molecular weight excluding hydrogens is 540 g/mol. The first-order chi connectivity index (χ1) is 18.8. The van der Waals surface area contributed by atoms with Gasteiger partial charge in [0.05, 0.1) is 35.1 Å². The van der Waals surface area contributed by atoms with E-state index in [2.05, 4.69) is 15.6 Å². The summed E-state index contributed by atoms with van der Waals surface area (Å²) in [4.78, 5) is 29.8. The van der Waals surface area contributed by atoms with Gasteiger partial charge in [0.2, 0.25) is 5.91 Å². The van der Waals surface area contributed by atoms with Crippen LogP contribution in [0.5, 0.6) is 5.75 Å². The van der Waals surface area contributed by atoms with Gasteiger partial charge in [0.1, 0.15) is 23.3 Å². The summed E-state index contributed by atoms with van der Waals surface area (Å²) < 4.78 is 11.7. The number of furan rings is 1. The molecule has 11 heteroatoms. The summed E-state index contributed by atoms with van der Waals surface area (Å²) >= 11 is 12.2. The third kappa shape index (κ3) is 5.16. The molecule has 2 aromatic carbocycles. The highest BCUT2D eigenvalue weighted by molar-refractivity contribution is 7.80. The van der Waals surface area contributed by atoms with Gasteiger partial charge in [-0.05, 0) is 72.9 Å². The Morgan fingerprint density at radius 3 is 2.67 bits per heavy atom. The predicted molar refractivity (Wildman–Crippen MR) is 151 cm³/mol. The number of carboxylic acids is 1. The molecule has 198 valence electrons. The quantitative estimate of drug-likeness (QED) is 0.239. The minimum Gasteiger partial charge on any atom is -0.495 e. The summed E-state index contributed by atoms with van der Waals surface area (Å²) in [7, 11) is 1.52. The number of rotatable bonds is 7. The summed E-state index contributed by atoms with van der Waals surface area (Å²) in [6, 6.07) is 18.1. The van der Waals surface area contributed by atoms with Crippen molar-refractivity contribution >= 4 is 52.2 Å². The highest BCUT2D eigenvalue weighted by Crippen LogP contribution is 2.44. The van der Waals surface area contributed by atoms with Crippen LogP contribution in [0.25, 0.3) is 11.3 Å². The SMILES string of the molecule is COc1ccc(N2C(=S)N[C@@H](c3ccccn3)[C@@H]2c2ccc(-c3cc(C(=O)O)ccc3Cl)o2)cc1NC(C)=O. The molecule has 3 heterocycles. The third-order valence-corrected chi connectivity index (χ3v) is 6.91. The maximum atomic E-state index is 11.8. The third-order valence-electron chi connectivity index (χ3n) is 6.27. The molecule has 2 aromatic heterocycles. The molecule has 0 aliphatic carbocycles. The number of aromatic nitrogens is 1. The number of methoxy groups -OCH3 is 1. The van der Waals surface area contributed by atoms with E-state index >= 15 is 0 Å². The molecule has 5 rings (SSSR count). The van der Waals surface area contributed by atoms with Gasteiger partial charge in [0.25, 0.3) is 0 Å². The number of hydrogen-bond donors (Lipinski definition) is 3. The Labute approximate surface area is 234 Å². The second-order valence-corrected chi connectivity index (χ2v) is 9.56. The molecule has 9 nitrogen and oxygen atoms in total. The van der Waals surface area contributed by atoms with Crippen LogP contribution in [0.1, 0.15) is 40.8 Å². The van der Waals surface area contributed by atoms with Crippen LogP contribution < -0.4 is 20.3 Å². The predicted octanol–water partition coefficient (Wildman–Crippen LogP) is 5.84. The molecule has 0 bridgehead atoms. The largest absolute Gasteiger partial charge is 0.495 e. The average Bonchev–Trinajstić information content (AvgIpc) is 3.53. The second-order valence-electron chi connectivity index (χ2n) is 8.76. The number of anilines is 2. The molecule has 39 heavy (non-hydrogen) atoms. The number of carbonyl (C=O) groups is 2. The molecule has 3 N–H and O–H groups in total. The van der Waals surface area contributed by atoms with Crippen LogP contribution >= 0.6 is 23.8 Å². The van der Waals surface area contributed by atoms with Crippen molar-refractivity contribution in [1.82, 2.24) is 10.3 Å². The molecule has 2 atom stereocenters. The maximum Gasteiger partial charge on any atom is 0.335 e. The van der Waals surface area contributed by atoms with Crippen LogP contribution in [-0.2, 0) is 4.79 Å². The zero-order valence-corrected chi connectivity index (χ0v) is 22.4. The number of nitrogens with one attached hydrogen (secondary N) is 2. The molecule has 4 aromatic rings. The van der Waals surface area contributed by atoms with Crippen molar-refractivity contribution in [2.24, 2.45) is 0 Å². The van der Waals surface area contributed by atoms with Crippen molar-refractivity contribution in [2.75, 3.05) is 17.3 Å². The van der Waals surface area contributed by atoms with Crippen molar-refractivity contribution in [1.29, 1.82) is 0 Å². The molecule has 0 spiro atoms. The van der Waals surface area contributed by atoms with Crippen molar-refractivity contribution in [3.05, 3.63) is 95.0 Å². The van der Waals surface area contributed by atoms with Gasteiger partial charge in [0.15, 0.2) is 5.11 Å². The molecule has 1 saturated heterocycles. The molecule has 0 radical (unpaired) electrons. The summed E-state index contributed by atoms with van der Waals surface area (Å²) in [5, 5.41) is 16.4. The van der Waals surface area contributed by atoms with Crippen LogP contribution in [0.3, 0.4) is 0 Å². The number of halogens is 1. The van der Waals surface area contributed by atoms with E-state index in [0.29, 0.717) is 44.3 Å². The molecule has 1 aliphatic rings. The summed E-state index contributed by atoms with van der Waals surface area (Å²) in [5.41, 5.74) is 2.46. The van der Waals surface area contributed by atoms with Crippen molar-refractivity contribution in [3.63, 3.8) is 0 Å². The number of ether oxygens (including phenoxy) is 1. The van der Waals surface area contributed by atoms with Gasteiger partial charge in [0, 0.05) is 24.4 Å². The molecule has 1 amide bonds. The lowest BCUT2D eigenvalue weighted by Gasteiger charge is -2.27. The molecule has 0 saturated carbocycles. The smallest absolute Gasteiger partial charge is 0.335 e. The van der Waals surface area contributed by atoms with E-state index in [4.69, 9.17) is 33.0 Å². The van der Waals surface area contributed by atoms with E-state index in [1.54, 1.807) is 30.5 Å². The Hall–Kier alpha value is -4.41. The Balaban J connectivity index is 1.62. The zero-order chi connectivity index (χ0) is 27.7. The summed E-state index contributed by atoms with van der Waals surface area (Å²) in [6.45, 7) is 1.42. The standard InChI is InChI=1S/C28H23ClN4O5S/c1-15(34)31-21-14-17(7-9-23(21)37-2)33-26(25(32-28(33)39)20-5-3-4-12-30-20)24-11-10-22(38-24)18-13-16(27(35)36)6-8-19(18)29/h3-14,25-26H,1-2H3,(H,31,34)(H,32,39)(H,35,36)/t25-,26-/m0/s1. The van der Waals surface area contributed by atoms with E-state index < -0.39 is 12.0 Å². The van der Waals surface area contributed by atoms with E-state index in [9.17, 15) is 14.7 Å². The lowest BCUT2D eigenvalue weighted by molar-refractivity contribution is -0.114. The van der Waals surface area contributed by atoms with Crippen LogP contribution in [0.4, 0.5) is 11.4 Å². The van der Waals surface area contributed by atoms with Gasteiger partial charge in [-0.3, -0.25) is 9.78 Å². The Kier molecular flexibility index (Phi) is 7.23. The van der Waals surface area contributed by atoms with Gasteiger partial charge >= 0.3 is 5.97 Å². The first-order valence-electron chi connectivity index (χ1n) is 11.9.